The molecule has 2 atom stereocenters. The molecule has 0 aliphatic heterocycles. The van der Waals surface area contributed by atoms with Crippen LogP contribution in [0.2, 0.25) is 0 Å². The second kappa shape index (κ2) is 4.61. The Labute approximate surface area is 80.3 Å². The highest BCUT2D eigenvalue weighted by Gasteiger charge is 2.25. The third kappa shape index (κ3) is 3.77. The summed E-state index contributed by atoms with van der Waals surface area (Å²) in [5.74, 6) is 0.126. The Morgan fingerprint density at radius 3 is 2.54 bits per heavy atom. The maximum Gasteiger partial charge on any atom is 0.237 e. The van der Waals surface area contributed by atoms with Crippen LogP contribution in [0.1, 0.15) is 40.0 Å². The number of carbonyl (C=O) groups excluding carboxylic acids is 1. The highest BCUT2D eigenvalue weighted by atomic mass is 16.2. The predicted molar refractivity (Wildman–Crippen MR) is 53.5 cm³/mol. The molecule has 0 heterocycles. The smallest absolute Gasteiger partial charge is 0.237 e. The van der Waals surface area contributed by atoms with Gasteiger partial charge < -0.3 is 10.6 Å². The topological polar surface area (TPSA) is 41.1 Å². The molecule has 0 aromatic rings. The molecular weight excluding hydrogens is 164 g/mol. The SMILES string of the molecule is CCC(C)NC(=O)C(C)NC1CC1. The van der Waals surface area contributed by atoms with Crippen molar-refractivity contribution in [1.29, 1.82) is 0 Å². The molecule has 1 aliphatic carbocycles. The molecule has 1 fully saturated rings. The van der Waals surface area contributed by atoms with E-state index in [4.69, 9.17) is 0 Å². The Morgan fingerprint density at radius 1 is 1.46 bits per heavy atom. The normalized spacial score (nSPS) is 20.8. The summed E-state index contributed by atoms with van der Waals surface area (Å²) in [5, 5.41) is 6.23. The number of hydrogen-bond donors (Lipinski definition) is 2. The van der Waals surface area contributed by atoms with E-state index in [0.717, 1.165) is 6.42 Å². The Kier molecular flexibility index (Phi) is 3.72. The van der Waals surface area contributed by atoms with Gasteiger partial charge >= 0.3 is 0 Å². The fourth-order valence-electron chi connectivity index (χ4n) is 1.15. The van der Waals surface area contributed by atoms with Gasteiger partial charge in [-0.05, 0) is 33.1 Å². The first-order valence-corrected chi connectivity index (χ1v) is 5.20. The summed E-state index contributed by atoms with van der Waals surface area (Å²) in [6.45, 7) is 6.03. The lowest BCUT2D eigenvalue weighted by Crippen LogP contribution is -2.45. The predicted octanol–water partition coefficient (Wildman–Crippen LogP) is 1.04. The third-order valence-corrected chi connectivity index (χ3v) is 2.46. The number of nitrogens with one attached hydrogen (secondary N) is 2. The van der Waals surface area contributed by atoms with E-state index in [-0.39, 0.29) is 18.0 Å². The van der Waals surface area contributed by atoms with Crippen molar-refractivity contribution in [3.8, 4) is 0 Å². The summed E-state index contributed by atoms with van der Waals surface area (Å²) in [4.78, 5) is 11.5. The molecule has 3 heteroatoms. The molecule has 0 aromatic carbocycles. The molecule has 1 amide bonds. The molecule has 2 unspecified atom stereocenters. The van der Waals surface area contributed by atoms with Crippen molar-refractivity contribution in [3.05, 3.63) is 0 Å². The number of rotatable bonds is 5. The van der Waals surface area contributed by atoms with Crippen LogP contribution in [0.4, 0.5) is 0 Å². The van der Waals surface area contributed by atoms with Crippen molar-refractivity contribution in [2.45, 2.75) is 58.2 Å². The fraction of sp³-hybridized carbons (Fsp3) is 0.900. The van der Waals surface area contributed by atoms with Gasteiger partial charge in [0.1, 0.15) is 0 Å². The number of hydrogen-bond acceptors (Lipinski definition) is 2. The van der Waals surface area contributed by atoms with Crippen molar-refractivity contribution in [2.24, 2.45) is 0 Å². The molecule has 0 bridgehead atoms. The van der Waals surface area contributed by atoms with E-state index >= 15 is 0 Å². The molecule has 13 heavy (non-hydrogen) atoms. The average molecular weight is 184 g/mol. The molecule has 0 radical (unpaired) electrons. The molecule has 0 saturated heterocycles. The highest BCUT2D eigenvalue weighted by molar-refractivity contribution is 5.81. The summed E-state index contributed by atoms with van der Waals surface area (Å²) >= 11 is 0. The van der Waals surface area contributed by atoms with E-state index < -0.39 is 0 Å². The Bertz CT molecular complexity index is 178. The molecule has 0 aromatic heterocycles. The van der Waals surface area contributed by atoms with Gasteiger partial charge in [0.05, 0.1) is 6.04 Å². The van der Waals surface area contributed by atoms with Crippen molar-refractivity contribution in [1.82, 2.24) is 10.6 Å². The van der Waals surface area contributed by atoms with E-state index in [9.17, 15) is 4.79 Å². The van der Waals surface area contributed by atoms with Gasteiger partial charge in [-0.3, -0.25) is 4.79 Å². The number of amides is 1. The zero-order valence-corrected chi connectivity index (χ0v) is 8.76. The van der Waals surface area contributed by atoms with Gasteiger partial charge in [0, 0.05) is 12.1 Å². The first kappa shape index (κ1) is 10.5. The van der Waals surface area contributed by atoms with Gasteiger partial charge in [-0.2, -0.15) is 0 Å². The minimum absolute atomic E-state index is 0.0403. The van der Waals surface area contributed by atoms with Crippen LogP contribution in [-0.2, 0) is 4.79 Å². The van der Waals surface area contributed by atoms with E-state index in [2.05, 4.69) is 17.6 Å². The van der Waals surface area contributed by atoms with Crippen LogP contribution < -0.4 is 10.6 Å². The van der Waals surface area contributed by atoms with Gasteiger partial charge in [-0.1, -0.05) is 6.92 Å². The van der Waals surface area contributed by atoms with E-state index in [0.29, 0.717) is 6.04 Å². The van der Waals surface area contributed by atoms with Gasteiger partial charge in [-0.25, -0.2) is 0 Å². The maximum absolute atomic E-state index is 11.5. The highest BCUT2D eigenvalue weighted by Crippen LogP contribution is 2.19. The summed E-state index contributed by atoms with van der Waals surface area (Å²) in [7, 11) is 0. The summed E-state index contributed by atoms with van der Waals surface area (Å²) in [5.41, 5.74) is 0. The van der Waals surface area contributed by atoms with Crippen molar-refractivity contribution < 1.29 is 4.79 Å². The molecule has 1 rings (SSSR count). The lowest BCUT2D eigenvalue weighted by Gasteiger charge is -2.16. The average Bonchev–Trinajstić information content (AvgIpc) is 2.87. The summed E-state index contributed by atoms with van der Waals surface area (Å²) in [6.07, 6.45) is 3.43. The van der Waals surface area contributed by atoms with Crippen LogP contribution in [0, 0.1) is 0 Å². The molecule has 0 spiro atoms. The zero-order valence-electron chi connectivity index (χ0n) is 8.76. The molecule has 76 valence electrons. The van der Waals surface area contributed by atoms with Crippen LogP contribution in [-0.4, -0.2) is 24.0 Å². The monoisotopic (exact) mass is 184 g/mol. The van der Waals surface area contributed by atoms with Gasteiger partial charge in [-0.15, -0.1) is 0 Å². The van der Waals surface area contributed by atoms with Crippen molar-refractivity contribution in [2.75, 3.05) is 0 Å². The van der Waals surface area contributed by atoms with E-state index in [1.165, 1.54) is 12.8 Å². The third-order valence-electron chi connectivity index (χ3n) is 2.46. The van der Waals surface area contributed by atoms with Crippen LogP contribution >= 0.6 is 0 Å². The summed E-state index contributed by atoms with van der Waals surface area (Å²) < 4.78 is 0. The molecule has 1 aliphatic rings. The lowest BCUT2D eigenvalue weighted by atomic mass is 10.2. The molecule has 1 saturated carbocycles. The van der Waals surface area contributed by atoms with Gasteiger partial charge in [0.2, 0.25) is 5.91 Å². The minimum Gasteiger partial charge on any atom is -0.352 e. The summed E-state index contributed by atoms with van der Waals surface area (Å²) in [6, 6.07) is 0.843. The standard InChI is InChI=1S/C10H20N2O/c1-4-7(2)11-10(13)8(3)12-9-5-6-9/h7-9,12H,4-6H2,1-3H3,(H,11,13). The van der Waals surface area contributed by atoms with Crippen LogP contribution in [0.15, 0.2) is 0 Å². The first-order chi connectivity index (χ1) is 6.13. The molecular formula is C10H20N2O. The van der Waals surface area contributed by atoms with Crippen LogP contribution in [0.3, 0.4) is 0 Å². The molecule has 3 nitrogen and oxygen atoms in total. The Balaban J connectivity index is 2.20. The minimum atomic E-state index is -0.0403. The number of carbonyl (C=O) groups is 1. The first-order valence-electron chi connectivity index (χ1n) is 5.20. The van der Waals surface area contributed by atoms with Crippen LogP contribution in [0.5, 0.6) is 0 Å². The quantitative estimate of drug-likeness (QED) is 0.670. The van der Waals surface area contributed by atoms with E-state index in [1.54, 1.807) is 0 Å². The van der Waals surface area contributed by atoms with Crippen molar-refractivity contribution >= 4 is 5.91 Å². The second-order valence-electron chi connectivity index (χ2n) is 3.98. The largest absolute Gasteiger partial charge is 0.352 e. The molecule has 2 N–H and O–H groups in total. The Morgan fingerprint density at radius 2 is 2.08 bits per heavy atom. The van der Waals surface area contributed by atoms with Crippen molar-refractivity contribution in [3.63, 3.8) is 0 Å². The fourth-order valence-corrected chi connectivity index (χ4v) is 1.15. The zero-order chi connectivity index (χ0) is 9.84. The van der Waals surface area contributed by atoms with Gasteiger partial charge in [0.15, 0.2) is 0 Å². The maximum atomic E-state index is 11.5. The lowest BCUT2D eigenvalue weighted by molar-refractivity contribution is -0.123. The Hall–Kier alpha value is -0.570. The van der Waals surface area contributed by atoms with Gasteiger partial charge in [0.25, 0.3) is 0 Å². The van der Waals surface area contributed by atoms with Crippen LogP contribution in [0.25, 0.3) is 0 Å². The van der Waals surface area contributed by atoms with E-state index in [1.807, 2.05) is 13.8 Å². The second-order valence-corrected chi connectivity index (χ2v) is 3.98.